The SMILES string of the molecule is CC1CCCC1C#Cc1cnc2ccc(-c3cnc(Cl)c(NS(=O)(=O)c4ccc(F)cc4)c3)nn12. The van der Waals surface area contributed by atoms with Gasteiger partial charge in [0, 0.05) is 17.7 Å². The Morgan fingerprint density at radius 3 is 2.66 bits per heavy atom. The summed E-state index contributed by atoms with van der Waals surface area (Å²) in [6.07, 6.45) is 6.71. The Hall–Kier alpha value is -3.48. The fourth-order valence-corrected chi connectivity index (χ4v) is 5.38. The molecule has 1 aliphatic carbocycles. The molecule has 1 aliphatic rings. The summed E-state index contributed by atoms with van der Waals surface area (Å²) >= 11 is 6.17. The van der Waals surface area contributed by atoms with Crippen molar-refractivity contribution in [3.63, 3.8) is 0 Å². The maximum Gasteiger partial charge on any atom is 0.261 e. The van der Waals surface area contributed by atoms with E-state index in [4.69, 9.17) is 11.6 Å². The number of imidazole rings is 1. The average molecular weight is 510 g/mol. The molecule has 3 heterocycles. The summed E-state index contributed by atoms with van der Waals surface area (Å²) in [5, 5.41) is 4.63. The largest absolute Gasteiger partial charge is 0.276 e. The Morgan fingerprint density at radius 2 is 1.91 bits per heavy atom. The van der Waals surface area contributed by atoms with Crippen molar-refractivity contribution in [1.82, 2.24) is 19.6 Å². The molecule has 7 nitrogen and oxygen atoms in total. The molecule has 1 aromatic carbocycles. The van der Waals surface area contributed by atoms with Crippen molar-refractivity contribution >= 4 is 33.0 Å². The Morgan fingerprint density at radius 1 is 1.11 bits per heavy atom. The van der Waals surface area contributed by atoms with Crippen LogP contribution in [0.1, 0.15) is 31.9 Å². The van der Waals surface area contributed by atoms with E-state index >= 15 is 0 Å². The third kappa shape index (κ3) is 4.85. The predicted octanol–water partition coefficient (Wildman–Crippen LogP) is 5.17. The van der Waals surface area contributed by atoms with Crippen molar-refractivity contribution in [2.24, 2.45) is 11.8 Å². The maximum atomic E-state index is 13.2. The van der Waals surface area contributed by atoms with Crippen molar-refractivity contribution in [1.29, 1.82) is 0 Å². The van der Waals surface area contributed by atoms with Crippen LogP contribution in [0.15, 0.2) is 59.8 Å². The number of sulfonamides is 1. The normalized spacial score (nSPS) is 17.8. The van der Waals surface area contributed by atoms with Gasteiger partial charge in [0.25, 0.3) is 10.0 Å². The molecule has 10 heteroatoms. The number of nitrogens with one attached hydrogen (secondary N) is 1. The van der Waals surface area contributed by atoms with E-state index in [1.165, 1.54) is 31.2 Å². The first kappa shape index (κ1) is 23.3. The number of aromatic nitrogens is 4. The summed E-state index contributed by atoms with van der Waals surface area (Å²) < 4.78 is 42.8. The lowest BCUT2D eigenvalue weighted by Crippen LogP contribution is -2.13. The van der Waals surface area contributed by atoms with Gasteiger partial charge < -0.3 is 0 Å². The predicted molar refractivity (Wildman–Crippen MR) is 132 cm³/mol. The van der Waals surface area contributed by atoms with E-state index in [1.54, 1.807) is 22.8 Å². The van der Waals surface area contributed by atoms with Crippen LogP contribution in [-0.4, -0.2) is 28.0 Å². The molecule has 2 unspecified atom stereocenters. The first-order chi connectivity index (χ1) is 16.8. The van der Waals surface area contributed by atoms with E-state index in [2.05, 4.69) is 38.6 Å². The lowest BCUT2D eigenvalue weighted by Gasteiger charge is -2.11. The zero-order valence-electron chi connectivity index (χ0n) is 18.7. The van der Waals surface area contributed by atoms with Gasteiger partial charge in [-0.25, -0.2) is 27.3 Å². The highest BCUT2D eigenvalue weighted by Crippen LogP contribution is 2.31. The molecular weight excluding hydrogens is 489 g/mol. The number of anilines is 1. The van der Waals surface area contributed by atoms with Gasteiger partial charge >= 0.3 is 0 Å². The molecule has 1 fully saturated rings. The molecule has 3 aromatic heterocycles. The molecule has 1 N–H and O–H groups in total. The summed E-state index contributed by atoms with van der Waals surface area (Å²) in [5.41, 5.74) is 2.50. The van der Waals surface area contributed by atoms with Gasteiger partial charge in [0.15, 0.2) is 10.8 Å². The summed E-state index contributed by atoms with van der Waals surface area (Å²) in [6.45, 7) is 2.23. The second-order valence-electron chi connectivity index (χ2n) is 8.54. The van der Waals surface area contributed by atoms with E-state index in [0.29, 0.717) is 34.4 Å². The van der Waals surface area contributed by atoms with Gasteiger partial charge in [-0.1, -0.05) is 30.9 Å². The smallest absolute Gasteiger partial charge is 0.261 e. The lowest BCUT2D eigenvalue weighted by atomic mass is 9.99. The van der Waals surface area contributed by atoms with Gasteiger partial charge in [-0.05, 0) is 67.1 Å². The minimum absolute atomic E-state index is 0.0274. The number of fused-ring (bicyclic) bond motifs is 1. The molecule has 0 aliphatic heterocycles. The monoisotopic (exact) mass is 509 g/mol. The minimum Gasteiger partial charge on any atom is -0.276 e. The number of pyridine rings is 1. The van der Waals surface area contributed by atoms with E-state index < -0.39 is 15.8 Å². The number of nitrogens with zero attached hydrogens (tertiary/aromatic N) is 4. The van der Waals surface area contributed by atoms with Gasteiger partial charge in [0.05, 0.1) is 22.5 Å². The topological polar surface area (TPSA) is 89.2 Å². The highest BCUT2D eigenvalue weighted by atomic mass is 35.5. The van der Waals surface area contributed by atoms with Gasteiger partial charge in [0.2, 0.25) is 0 Å². The molecule has 5 rings (SSSR count). The molecule has 35 heavy (non-hydrogen) atoms. The average Bonchev–Trinajstić information content (AvgIpc) is 3.44. The van der Waals surface area contributed by atoms with Crippen LogP contribution in [0.3, 0.4) is 0 Å². The Kier molecular flexibility index (Phi) is 6.17. The van der Waals surface area contributed by atoms with E-state index in [1.807, 2.05) is 6.07 Å². The Labute approximate surface area is 207 Å². The molecule has 0 saturated heterocycles. The fourth-order valence-electron chi connectivity index (χ4n) is 4.12. The fraction of sp³-hybridized carbons (Fsp3) is 0.240. The molecule has 2 atom stereocenters. The van der Waals surface area contributed by atoms with Crippen LogP contribution in [0.25, 0.3) is 16.9 Å². The van der Waals surface area contributed by atoms with Crippen molar-refractivity contribution in [3.05, 3.63) is 71.5 Å². The van der Waals surface area contributed by atoms with Crippen molar-refractivity contribution in [3.8, 4) is 23.1 Å². The van der Waals surface area contributed by atoms with Crippen LogP contribution in [-0.2, 0) is 10.0 Å². The van der Waals surface area contributed by atoms with Crippen LogP contribution in [0.2, 0.25) is 5.15 Å². The molecule has 1 saturated carbocycles. The van der Waals surface area contributed by atoms with Gasteiger partial charge in [-0.3, -0.25) is 4.72 Å². The molecule has 4 aromatic rings. The van der Waals surface area contributed by atoms with E-state index in [0.717, 1.165) is 18.6 Å². The van der Waals surface area contributed by atoms with Crippen LogP contribution >= 0.6 is 11.6 Å². The lowest BCUT2D eigenvalue weighted by molar-refractivity contribution is 0.518. The third-order valence-electron chi connectivity index (χ3n) is 6.11. The summed E-state index contributed by atoms with van der Waals surface area (Å²) in [6, 6.07) is 9.61. The first-order valence-electron chi connectivity index (χ1n) is 11.1. The Balaban J connectivity index is 1.47. The van der Waals surface area contributed by atoms with Crippen molar-refractivity contribution < 1.29 is 12.8 Å². The molecule has 0 amide bonds. The number of halogens is 2. The summed E-state index contributed by atoms with van der Waals surface area (Å²) in [4.78, 5) is 8.40. The third-order valence-corrected chi connectivity index (χ3v) is 7.80. The van der Waals surface area contributed by atoms with Crippen molar-refractivity contribution in [2.75, 3.05) is 4.72 Å². The zero-order chi connectivity index (χ0) is 24.6. The van der Waals surface area contributed by atoms with Crippen LogP contribution in [0.5, 0.6) is 0 Å². The van der Waals surface area contributed by atoms with Crippen molar-refractivity contribution in [2.45, 2.75) is 31.1 Å². The maximum absolute atomic E-state index is 13.2. The second kappa shape index (κ2) is 9.29. The summed E-state index contributed by atoms with van der Waals surface area (Å²) in [7, 11) is -4.00. The summed E-state index contributed by atoms with van der Waals surface area (Å²) in [5.74, 6) is 7.02. The van der Waals surface area contributed by atoms with Gasteiger partial charge in [-0.2, -0.15) is 5.10 Å². The minimum atomic E-state index is -4.00. The van der Waals surface area contributed by atoms with E-state index in [-0.39, 0.29) is 15.7 Å². The quantitative estimate of drug-likeness (QED) is 0.303. The van der Waals surface area contributed by atoms with Gasteiger partial charge in [0.1, 0.15) is 11.5 Å². The number of hydrogen-bond donors (Lipinski definition) is 1. The van der Waals surface area contributed by atoms with Crippen LogP contribution in [0, 0.1) is 29.5 Å². The number of rotatable bonds is 4. The molecule has 178 valence electrons. The number of hydrogen-bond acceptors (Lipinski definition) is 5. The van der Waals surface area contributed by atoms with Crippen LogP contribution in [0.4, 0.5) is 10.1 Å². The molecule has 0 bridgehead atoms. The second-order valence-corrected chi connectivity index (χ2v) is 10.6. The zero-order valence-corrected chi connectivity index (χ0v) is 20.3. The number of benzene rings is 1. The van der Waals surface area contributed by atoms with E-state index in [9.17, 15) is 12.8 Å². The van der Waals surface area contributed by atoms with Crippen LogP contribution < -0.4 is 4.72 Å². The first-order valence-corrected chi connectivity index (χ1v) is 13.0. The molecule has 0 spiro atoms. The van der Waals surface area contributed by atoms with Gasteiger partial charge in [-0.15, -0.1) is 0 Å². The molecule has 0 radical (unpaired) electrons. The highest BCUT2D eigenvalue weighted by molar-refractivity contribution is 7.92. The highest BCUT2D eigenvalue weighted by Gasteiger charge is 2.21. The Bertz CT molecular complexity index is 1580. The standard InChI is InChI=1S/C25H21ClFN5O2S/c1-16-3-2-4-17(16)5-8-20-15-28-24-12-11-22(30-32(20)24)18-13-23(25(26)29-14-18)31-35(33,34)21-9-6-19(27)7-10-21/h6-7,9-17,31H,2-4H2,1H3. The molecular formula is C25H21ClFN5O2S.